The van der Waals surface area contributed by atoms with Crippen molar-refractivity contribution in [2.24, 2.45) is 0 Å². The topological polar surface area (TPSA) is 69.0 Å². The second-order valence-corrected chi connectivity index (χ2v) is 8.12. The fourth-order valence-electron chi connectivity index (χ4n) is 3.00. The summed E-state index contributed by atoms with van der Waals surface area (Å²) in [4.78, 5) is 17.4. The highest BCUT2D eigenvalue weighted by molar-refractivity contribution is 6.35. The van der Waals surface area contributed by atoms with E-state index in [1.165, 1.54) is 18.2 Å². The Labute approximate surface area is 199 Å². The van der Waals surface area contributed by atoms with E-state index in [0.29, 0.717) is 28.2 Å². The summed E-state index contributed by atoms with van der Waals surface area (Å²) in [5, 5.41) is 8.24. The molecule has 1 heterocycles. The van der Waals surface area contributed by atoms with Crippen LogP contribution in [0.5, 0.6) is 5.75 Å². The number of hydrogen-bond donors (Lipinski definition) is 1. The van der Waals surface area contributed by atoms with Crippen molar-refractivity contribution in [3.8, 4) is 17.1 Å². The first-order valence-corrected chi connectivity index (χ1v) is 10.8. The number of halogens is 3. The van der Waals surface area contributed by atoms with Gasteiger partial charge in [0.05, 0.1) is 5.02 Å². The van der Waals surface area contributed by atoms with Crippen LogP contribution in [0.3, 0.4) is 0 Å². The standard InChI is InChI=1S/C24H19Cl2FN4O2/c1-15-2-6-17(7-3-15)23-29-24(28-13-16-4-9-19(27)10-5-16)31(30-23)22(32)14-33-21-11-8-18(25)12-20(21)26/h2-12H,13-14H2,1H3,(H,28,29,30). The molecule has 0 saturated carbocycles. The van der Waals surface area contributed by atoms with Gasteiger partial charge in [-0.05, 0) is 42.8 Å². The molecule has 0 bridgehead atoms. The van der Waals surface area contributed by atoms with Crippen molar-refractivity contribution in [1.29, 1.82) is 0 Å². The van der Waals surface area contributed by atoms with E-state index in [1.807, 2.05) is 31.2 Å². The van der Waals surface area contributed by atoms with Crippen molar-refractivity contribution in [1.82, 2.24) is 14.8 Å². The van der Waals surface area contributed by atoms with Gasteiger partial charge < -0.3 is 10.1 Å². The first-order chi connectivity index (χ1) is 15.9. The minimum Gasteiger partial charge on any atom is -0.482 e. The molecule has 4 rings (SSSR count). The zero-order chi connectivity index (χ0) is 23.4. The maximum absolute atomic E-state index is 13.2. The van der Waals surface area contributed by atoms with Gasteiger partial charge >= 0.3 is 0 Å². The van der Waals surface area contributed by atoms with Crippen LogP contribution in [0.1, 0.15) is 15.9 Å². The molecule has 0 aliphatic heterocycles. The number of nitrogens with zero attached hydrogens (tertiary/aromatic N) is 3. The van der Waals surface area contributed by atoms with Crippen molar-refractivity contribution in [2.75, 3.05) is 11.9 Å². The van der Waals surface area contributed by atoms with Crippen LogP contribution in [0.4, 0.5) is 10.3 Å². The molecule has 0 radical (unpaired) electrons. The Bertz CT molecular complexity index is 1270. The maximum atomic E-state index is 13.2. The zero-order valence-corrected chi connectivity index (χ0v) is 19.1. The van der Waals surface area contributed by atoms with Gasteiger partial charge in [-0.3, -0.25) is 4.79 Å². The Balaban J connectivity index is 1.57. The van der Waals surface area contributed by atoms with Crippen molar-refractivity contribution < 1.29 is 13.9 Å². The van der Waals surface area contributed by atoms with Gasteiger partial charge in [-0.25, -0.2) is 4.39 Å². The Morgan fingerprint density at radius 3 is 2.48 bits per heavy atom. The maximum Gasteiger partial charge on any atom is 0.287 e. The number of benzene rings is 3. The number of rotatable bonds is 7. The van der Waals surface area contributed by atoms with Gasteiger partial charge in [-0.15, -0.1) is 5.10 Å². The molecule has 0 saturated heterocycles. The average Bonchev–Trinajstić information content (AvgIpc) is 3.23. The Morgan fingerprint density at radius 1 is 1.06 bits per heavy atom. The minimum atomic E-state index is -0.450. The summed E-state index contributed by atoms with van der Waals surface area (Å²) in [6.07, 6.45) is 0. The summed E-state index contributed by atoms with van der Waals surface area (Å²) in [5.74, 6) is 0.180. The molecule has 0 fully saturated rings. The molecule has 33 heavy (non-hydrogen) atoms. The third kappa shape index (κ3) is 5.69. The normalized spacial score (nSPS) is 10.8. The average molecular weight is 485 g/mol. The first-order valence-electron chi connectivity index (χ1n) is 10.0. The molecule has 0 atom stereocenters. The number of ether oxygens (including phenoxy) is 1. The van der Waals surface area contributed by atoms with E-state index in [2.05, 4.69) is 15.4 Å². The second kappa shape index (κ2) is 10.0. The highest BCUT2D eigenvalue weighted by atomic mass is 35.5. The Morgan fingerprint density at radius 2 is 1.79 bits per heavy atom. The van der Waals surface area contributed by atoms with E-state index < -0.39 is 5.91 Å². The number of aromatic nitrogens is 3. The quantitative estimate of drug-likeness (QED) is 0.346. The Hall–Kier alpha value is -3.42. The fourth-order valence-corrected chi connectivity index (χ4v) is 3.46. The van der Waals surface area contributed by atoms with Crippen LogP contribution in [0, 0.1) is 12.7 Å². The first kappa shape index (κ1) is 22.8. The lowest BCUT2D eigenvalue weighted by Crippen LogP contribution is -2.22. The van der Waals surface area contributed by atoms with E-state index in [-0.39, 0.29) is 18.4 Å². The number of carbonyl (C=O) groups excluding carboxylic acids is 1. The van der Waals surface area contributed by atoms with Crippen molar-refractivity contribution in [3.05, 3.63) is 93.7 Å². The predicted octanol–water partition coefficient (Wildman–Crippen LogP) is 6.03. The number of hydrogen-bond acceptors (Lipinski definition) is 5. The number of anilines is 1. The van der Waals surface area contributed by atoms with Gasteiger partial charge in [0, 0.05) is 17.1 Å². The summed E-state index contributed by atoms with van der Waals surface area (Å²) in [6, 6.07) is 18.4. The van der Waals surface area contributed by atoms with Gasteiger partial charge in [-0.1, -0.05) is 65.2 Å². The molecule has 0 unspecified atom stereocenters. The van der Waals surface area contributed by atoms with Crippen LogP contribution in [0.25, 0.3) is 11.4 Å². The van der Waals surface area contributed by atoms with E-state index in [0.717, 1.165) is 21.4 Å². The summed E-state index contributed by atoms with van der Waals surface area (Å²) in [5.41, 5.74) is 2.68. The number of carbonyl (C=O) groups is 1. The van der Waals surface area contributed by atoms with Crippen LogP contribution < -0.4 is 10.1 Å². The summed E-state index contributed by atoms with van der Waals surface area (Å²) >= 11 is 12.0. The lowest BCUT2D eigenvalue weighted by atomic mass is 10.1. The second-order valence-electron chi connectivity index (χ2n) is 7.27. The smallest absolute Gasteiger partial charge is 0.287 e. The molecule has 0 aliphatic carbocycles. The molecule has 3 aromatic carbocycles. The highest BCUT2D eigenvalue weighted by Gasteiger charge is 2.18. The lowest BCUT2D eigenvalue weighted by Gasteiger charge is -2.09. The third-order valence-corrected chi connectivity index (χ3v) is 5.29. The monoisotopic (exact) mass is 484 g/mol. The summed E-state index contributed by atoms with van der Waals surface area (Å²) in [6.45, 7) is 1.99. The molecule has 168 valence electrons. The SMILES string of the molecule is Cc1ccc(-c2nc(NCc3ccc(F)cc3)n(C(=O)COc3ccc(Cl)cc3Cl)n2)cc1. The van der Waals surface area contributed by atoms with Gasteiger partial charge in [0.2, 0.25) is 5.95 Å². The van der Waals surface area contributed by atoms with Crippen LogP contribution in [-0.4, -0.2) is 27.3 Å². The lowest BCUT2D eigenvalue weighted by molar-refractivity contribution is 0.0824. The van der Waals surface area contributed by atoms with Gasteiger partial charge in [0.1, 0.15) is 11.6 Å². The van der Waals surface area contributed by atoms with Crippen LogP contribution in [-0.2, 0) is 6.54 Å². The van der Waals surface area contributed by atoms with Crippen LogP contribution in [0.2, 0.25) is 10.0 Å². The number of aryl methyl sites for hydroxylation is 1. The molecular formula is C24H19Cl2FN4O2. The molecule has 1 aromatic heterocycles. The molecule has 0 spiro atoms. The van der Waals surface area contributed by atoms with Gasteiger partial charge in [-0.2, -0.15) is 9.67 Å². The van der Waals surface area contributed by atoms with Crippen molar-refractivity contribution in [2.45, 2.75) is 13.5 Å². The van der Waals surface area contributed by atoms with Crippen molar-refractivity contribution >= 4 is 35.1 Å². The zero-order valence-electron chi connectivity index (χ0n) is 17.6. The molecule has 1 N–H and O–H groups in total. The van der Waals surface area contributed by atoms with E-state index in [1.54, 1.807) is 24.3 Å². The molecule has 6 nitrogen and oxygen atoms in total. The largest absolute Gasteiger partial charge is 0.482 e. The molecule has 4 aromatic rings. The molecule has 0 amide bonds. The van der Waals surface area contributed by atoms with E-state index >= 15 is 0 Å². The predicted molar refractivity (Wildman–Crippen MR) is 127 cm³/mol. The Kier molecular flexibility index (Phi) is 6.91. The molecular weight excluding hydrogens is 466 g/mol. The molecule has 9 heteroatoms. The fraction of sp³-hybridized carbons (Fsp3) is 0.125. The van der Waals surface area contributed by atoms with E-state index in [9.17, 15) is 9.18 Å². The van der Waals surface area contributed by atoms with Gasteiger partial charge in [0.15, 0.2) is 12.4 Å². The summed E-state index contributed by atoms with van der Waals surface area (Å²) in [7, 11) is 0. The highest BCUT2D eigenvalue weighted by Crippen LogP contribution is 2.27. The summed E-state index contributed by atoms with van der Waals surface area (Å²) < 4.78 is 19.9. The molecule has 0 aliphatic rings. The minimum absolute atomic E-state index is 0.241. The van der Waals surface area contributed by atoms with Crippen molar-refractivity contribution in [3.63, 3.8) is 0 Å². The van der Waals surface area contributed by atoms with Crippen LogP contribution >= 0.6 is 23.2 Å². The third-order valence-electron chi connectivity index (χ3n) is 4.76. The van der Waals surface area contributed by atoms with Gasteiger partial charge in [0.25, 0.3) is 5.91 Å². The number of nitrogens with one attached hydrogen (secondary N) is 1. The van der Waals surface area contributed by atoms with E-state index in [4.69, 9.17) is 27.9 Å². The van der Waals surface area contributed by atoms with Crippen LogP contribution in [0.15, 0.2) is 66.7 Å².